The van der Waals surface area contributed by atoms with Gasteiger partial charge in [-0.2, -0.15) is 0 Å². The Labute approximate surface area is 132 Å². The molecular weight excluding hydrogens is 260 g/mol. The molecule has 1 rings (SSSR count). The molecule has 1 aliphatic heterocycles. The predicted molar refractivity (Wildman–Crippen MR) is 91.7 cm³/mol. The van der Waals surface area contributed by atoms with E-state index < -0.39 is 0 Å². The summed E-state index contributed by atoms with van der Waals surface area (Å²) in [6.07, 6.45) is 10.5. The van der Waals surface area contributed by atoms with Gasteiger partial charge in [-0.25, -0.2) is 0 Å². The highest BCUT2D eigenvalue weighted by Crippen LogP contribution is 2.22. The van der Waals surface area contributed by atoms with Crippen LogP contribution in [-0.4, -0.2) is 48.3 Å². The van der Waals surface area contributed by atoms with Crippen LogP contribution in [0.15, 0.2) is 0 Å². The molecule has 126 valence electrons. The van der Waals surface area contributed by atoms with E-state index in [1.807, 2.05) is 0 Å². The topological polar surface area (TPSA) is 35.5 Å². The fourth-order valence-electron chi connectivity index (χ4n) is 3.65. The van der Waals surface area contributed by atoms with Crippen molar-refractivity contribution < 1.29 is 5.11 Å². The lowest BCUT2D eigenvalue weighted by Crippen LogP contribution is -2.45. The Balaban J connectivity index is 2.17. The number of likely N-dealkylation sites (N-methyl/N-ethyl adjacent to an activating group) is 1. The van der Waals surface area contributed by atoms with Gasteiger partial charge in [0, 0.05) is 5.54 Å². The predicted octanol–water partition coefficient (Wildman–Crippen LogP) is 3.42. The second kappa shape index (κ2) is 10.6. The summed E-state index contributed by atoms with van der Waals surface area (Å²) >= 11 is 0. The van der Waals surface area contributed by atoms with E-state index >= 15 is 0 Å². The minimum Gasteiger partial charge on any atom is -0.394 e. The van der Waals surface area contributed by atoms with Crippen LogP contribution in [0.2, 0.25) is 0 Å². The summed E-state index contributed by atoms with van der Waals surface area (Å²) in [5.41, 5.74) is -0.0836. The van der Waals surface area contributed by atoms with E-state index in [2.05, 4.69) is 31.0 Å². The lowest BCUT2D eigenvalue weighted by atomic mass is 9.95. The van der Waals surface area contributed by atoms with Crippen molar-refractivity contribution in [3.8, 4) is 0 Å². The lowest BCUT2D eigenvalue weighted by Gasteiger charge is -2.29. The van der Waals surface area contributed by atoms with Gasteiger partial charge in [0.05, 0.1) is 6.61 Å². The first-order valence-corrected chi connectivity index (χ1v) is 9.21. The molecule has 1 aliphatic rings. The maximum absolute atomic E-state index is 9.51. The van der Waals surface area contributed by atoms with Gasteiger partial charge in [0.2, 0.25) is 0 Å². The van der Waals surface area contributed by atoms with Crippen molar-refractivity contribution in [2.75, 3.05) is 32.8 Å². The zero-order valence-corrected chi connectivity index (χ0v) is 14.7. The highest BCUT2D eigenvalue weighted by molar-refractivity contribution is 4.81. The fourth-order valence-corrected chi connectivity index (χ4v) is 3.65. The molecule has 0 bridgehead atoms. The summed E-state index contributed by atoms with van der Waals surface area (Å²) < 4.78 is 0. The van der Waals surface area contributed by atoms with Crippen LogP contribution < -0.4 is 5.32 Å². The van der Waals surface area contributed by atoms with Crippen molar-refractivity contribution in [1.29, 1.82) is 0 Å². The van der Waals surface area contributed by atoms with Crippen LogP contribution in [0.5, 0.6) is 0 Å². The van der Waals surface area contributed by atoms with Gasteiger partial charge in [0.1, 0.15) is 0 Å². The van der Waals surface area contributed by atoms with E-state index in [1.165, 1.54) is 64.6 Å². The Hall–Kier alpha value is -0.120. The molecule has 0 aliphatic carbocycles. The zero-order valence-electron chi connectivity index (χ0n) is 14.7. The molecule has 21 heavy (non-hydrogen) atoms. The third-order valence-corrected chi connectivity index (χ3v) is 5.04. The van der Waals surface area contributed by atoms with E-state index in [9.17, 15) is 5.11 Å². The number of aliphatic hydroxyl groups excluding tert-OH is 1. The number of likely N-dealkylation sites (tertiary alicyclic amines) is 1. The first-order valence-electron chi connectivity index (χ1n) is 9.21. The number of nitrogens with zero attached hydrogens (tertiary/aromatic N) is 1. The summed E-state index contributed by atoms with van der Waals surface area (Å²) in [5, 5.41) is 12.9. The largest absolute Gasteiger partial charge is 0.394 e. The summed E-state index contributed by atoms with van der Waals surface area (Å²) in [6, 6.07) is 0. The number of rotatable bonds is 10. The van der Waals surface area contributed by atoms with E-state index in [4.69, 9.17) is 0 Å². The molecule has 2 atom stereocenters. The number of aliphatic hydroxyl groups is 1. The van der Waals surface area contributed by atoms with Crippen LogP contribution in [0.1, 0.15) is 72.1 Å². The number of hydrogen-bond donors (Lipinski definition) is 2. The van der Waals surface area contributed by atoms with Gasteiger partial charge in [0.15, 0.2) is 0 Å². The van der Waals surface area contributed by atoms with Gasteiger partial charge in [-0.15, -0.1) is 0 Å². The van der Waals surface area contributed by atoms with Crippen LogP contribution in [0.4, 0.5) is 0 Å². The lowest BCUT2D eigenvalue weighted by molar-refractivity contribution is 0.162. The Morgan fingerprint density at radius 2 is 2.00 bits per heavy atom. The summed E-state index contributed by atoms with van der Waals surface area (Å²) in [7, 11) is 0. The second-order valence-corrected chi connectivity index (χ2v) is 7.13. The molecular formula is C18H38N2O. The number of unbranched alkanes of at least 4 members (excludes halogenated alkanes) is 1. The maximum Gasteiger partial charge on any atom is 0.0610 e. The average Bonchev–Trinajstić information content (AvgIpc) is 2.70. The van der Waals surface area contributed by atoms with E-state index in [1.54, 1.807) is 0 Å². The van der Waals surface area contributed by atoms with Gasteiger partial charge in [0.25, 0.3) is 0 Å². The Kier molecular flexibility index (Phi) is 9.54. The second-order valence-electron chi connectivity index (χ2n) is 7.13. The standard InChI is InChI=1S/C18H38N2O/c1-4-9-17-10-8-14-20(15-11-17)13-7-6-12-18(3,16-21)19-5-2/h17,19,21H,4-16H2,1-3H3. The van der Waals surface area contributed by atoms with Crippen molar-refractivity contribution in [2.45, 2.75) is 77.7 Å². The number of nitrogens with one attached hydrogen (secondary N) is 1. The highest BCUT2D eigenvalue weighted by Gasteiger charge is 2.21. The molecule has 3 nitrogen and oxygen atoms in total. The first kappa shape index (κ1) is 18.9. The molecule has 1 heterocycles. The molecule has 0 aromatic carbocycles. The Morgan fingerprint density at radius 3 is 2.67 bits per heavy atom. The third-order valence-electron chi connectivity index (χ3n) is 5.04. The molecule has 2 unspecified atom stereocenters. The van der Waals surface area contributed by atoms with Gasteiger partial charge in [-0.05, 0) is 71.1 Å². The van der Waals surface area contributed by atoms with Crippen LogP contribution in [-0.2, 0) is 0 Å². The molecule has 0 aromatic heterocycles. The normalized spacial score (nSPS) is 23.7. The molecule has 0 amide bonds. The SMILES string of the molecule is CCCC1CCCN(CCCCC(C)(CO)NCC)CC1. The molecule has 3 heteroatoms. The van der Waals surface area contributed by atoms with Crippen molar-refractivity contribution >= 4 is 0 Å². The smallest absolute Gasteiger partial charge is 0.0610 e. The van der Waals surface area contributed by atoms with Gasteiger partial charge in [-0.1, -0.05) is 33.1 Å². The van der Waals surface area contributed by atoms with Gasteiger partial charge >= 0.3 is 0 Å². The van der Waals surface area contributed by atoms with Crippen molar-refractivity contribution in [3.05, 3.63) is 0 Å². The molecule has 1 fully saturated rings. The molecule has 0 radical (unpaired) electrons. The van der Waals surface area contributed by atoms with Crippen molar-refractivity contribution in [3.63, 3.8) is 0 Å². The maximum atomic E-state index is 9.51. The van der Waals surface area contributed by atoms with Gasteiger partial charge in [-0.3, -0.25) is 0 Å². The quantitative estimate of drug-likeness (QED) is 0.607. The summed E-state index contributed by atoms with van der Waals surface area (Å²) in [4.78, 5) is 2.67. The van der Waals surface area contributed by atoms with Crippen LogP contribution in [0, 0.1) is 5.92 Å². The average molecular weight is 299 g/mol. The Morgan fingerprint density at radius 1 is 1.19 bits per heavy atom. The third kappa shape index (κ3) is 7.62. The number of hydrogen-bond acceptors (Lipinski definition) is 3. The molecule has 2 N–H and O–H groups in total. The van der Waals surface area contributed by atoms with Gasteiger partial charge < -0.3 is 15.3 Å². The van der Waals surface area contributed by atoms with E-state index in [0.717, 1.165) is 18.9 Å². The van der Waals surface area contributed by atoms with Crippen LogP contribution in [0.25, 0.3) is 0 Å². The van der Waals surface area contributed by atoms with Crippen molar-refractivity contribution in [1.82, 2.24) is 10.2 Å². The van der Waals surface area contributed by atoms with Crippen LogP contribution in [0.3, 0.4) is 0 Å². The molecule has 0 spiro atoms. The molecule has 1 saturated heterocycles. The minimum absolute atomic E-state index is 0.0836. The molecule has 0 saturated carbocycles. The summed E-state index contributed by atoms with van der Waals surface area (Å²) in [6.45, 7) is 11.6. The van der Waals surface area contributed by atoms with E-state index in [0.29, 0.717) is 0 Å². The first-order chi connectivity index (χ1) is 10.1. The van der Waals surface area contributed by atoms with E-state index in [-0.39, 0.29) is 12.1 Å². The zero-order chi connectivity index (χ0) is 15.6. The highest BCUT2D eigenvalue weighted by atomic mass is 16.3. The Bertz CT molecular complexity index is 260. The summed E-state index contributed by atoms with van der Waals surface area (Å²) in [5.74, 6) is 0.978. The minimum atomic E-state index is -0.0836. The fraction of sp³-hybridized carbons (Fsp3) is 1.00. The molecule has 0 aromatic rings. The monoisotopic (exact) mass is 298 g/mol. The van der Waals surface area contributed by atoms with Crippen LogP contribution >= 0.6 is 0 Å². The van der Waals surface area contributed by atoms with Crippen molar-refractivity contribution in [2.24, 2.45) is 5.92 Å².